The van der Waals surface area contributed by atoms with Gasteiger partial charge in [-0.25, -0.2) is 9.48 Å². The number of hydrogen-bond acceptors (Lipinski definition) is 5. The minimum Gasteiger partial charge on any atom is -0.457 e. The third-order valence-electron chi connectivity index (χ3n) is 6.17. The second-order valence-electron chi connectivity index (χ2n) is 8.23. The Morgan fingerprint density at radius 1 is 0.969 bits per heavy atom. The van der Waals surface area contributed by atoms with E-state index in [4.69, 9.17) is 4.74 Å². The maximum atomic E-state index is 12.9. The van der Waals surface area contributed by atoms with Crippen LogP contribution in [0.4, 0.5) is 0 Å². The van der Waals surface area contributed by atoms with Gasteiger partial charge >= 0.3 is 5.97 Å². The fourth-order valence-electron chi connectivity index (χ4n) is 4.46. The number of fused-ring (bicyclic) bond motifs is 1. The molecule has 0 unspecified atom stereocenters. The fourth-order valence-corrected chi connectivity index (χ4v) is 4.46. The first-order chi connectivity index (χ1) is 15.6. The van der Waals surface area contributed by atoms with E-state index in [-0.39, 0.29) is 30.0 Å². The highest BCUT2D eigenvalue weighted by atomic mass is 16.5. The van der Waals surface area contributed by atoms with Crippen molar-refractivity contribution in [1.82, 2.24) is 14.7 Å². The highest BCUT2D eigenvalue weighted by Crippen LogP contribution is 2.31. The Morgan fingerprint density at radius 2 is 1.72 bits per heavy atom. The first kappa shape index (κ1) is 20.2. The van der Waals surface area contributed by atoms with Crippen molar-refractivity contribution >= 4 is 17.8 Å². The van der Waals surface area contributed by atoms with Crippen LogP contribution in [0.25, 0.3) is 5.69 Å². The van der Waals surface area contributed by atoms with Gasteiger partial charge in [-0.05, 0) is 54.8 Å². The van der Waals surface area contributed by atoms with Crippen molar-refractivity contribution in [2.24, 2.45) is 0 Å². The number of carbonyl (C=O) groups excluding carboxylic acids is 3. The van der Waals surface area contributed by atoms with Gasteiger partial charge in [-0.1, -0.05) is 31.4 Å². The molecule has 0 N–H and O–H groups in total. The summed E-state index contributed by atoms with van der Waals surface area (Å²) < 4.78 is 7.18. The van der Waals surface area contributed by atoms with Gasteiger partial charge in [-0.2, -0.15) is 5.10 Å². The van der Waals surface area contributed by atoms with Crippen molar-refractivity contribution in [2.75, 3.05) is 0 Å². The molecule has 2 aromatic carbocycles. The van der Waals surface area contributed by atoms with Crippen molar-refractivity contribution in [3.63, 3.8) is 0 Å². The number of carbonyl (C=O) groups is 3. The second kappa shape index (κ2) is 8.42. The number of rotatable bonds is 5. The van der Waals surface area contributed by atoms with Gasteiger partial charge in [0, 0.05) is 18.4 Å². The Balaban J connectivity index is 1.26. The predicted molar refractivity (Wildman–Crippen MR) is 116 cm³/mol. The van der Waals surface area contributed by atoms with Crippen LogP contribution < -0.4 is 0 Å². The summed E-state index contributed by atoms with van der Waals surface area (Å²) in [6.07, 6.45) is 8.45. The number of imide groups is 1. The van der Waals surface area contributed by atoms with Crippen LogP contribution in [0.15, 0.2) is 60.9 Å². The second-order valence-corrected chi connectivity index (χ2v) is 8.23. The van der Waals surface area contributed by atoms with E-state index < -0.39 is 5.97 Å². The SMILES string of the molecule is O=C(OCc1ccc(-n2cccn2)cc1)c1ccc2c(c1)C(=O)N(C1CCCCC1)C2=O. The van der Waals surface area contributed by atoms with Gasteiger partial charge in [0.05, 0.1) is 22.4 Å². The van der Waals surface area contributed by atoms with Gasteiger partial charge in [0.2, 0.25) is 0 Å². The Labute approximate surface area is 185 Å². The molecule has 1 fully saturated rings. The predicted octanol–water partition coefficient (Wildman–Crippen LogP) is 4.16. The average molecular weight is 429 g/mol. The van der Waals surface area contributed by atoms with Crippen molar-refractivity contribution in [3.8, 4) is 5.69 Å². The molecule has 0 atom stereocenters. The highest BCUT2D eigenvalue weighted by Gasteiger charge is 2.40. The van der Waals surface area contributed by atoms with E-state index in [1.54, 1.807) is 23.0 Å². The van der Waals surface area contributed by atoms with Crippen molar-refractivity contribution in [3.05, 3.63) is 83.2 Å². The van der Waals surface area contributed by atoms with Crippen LogP contribution >= 0.6 is 0 Å². The number of nitrogens with zero attached hydrogens (tertiary/aromatic N) is 3. The molecule has 3 aromatic rings. The van der Waals surface area contributed by atoms with Crippen LogP contribution in [0, 0.1) is 0 Å². The Bertz CT molecular complexity index is 1160. The van der Waals surface area contributed by atoms with E-state index in [1.165, 1.54) is 11.0 Å². The van der Waals surface area contributed by atoms with Crippen LogP contribution in [0.5, 0.6) is 0 Å². The zero-order chi connectivity index (χ0) is 22.1. The number of amides is 2. The Morgan fingerprint density at radius 3 is 2.44 bits per heavy atom. The molecule has 0 bridgehead atoms. The monoisotopic (exact) mass is 429 g/mol. The van der Waals surface area contributed by atoms with Gasteiger partial charge in [0.15, 0.2) is 0 Å². The van der Waals surface area contributed by atoms with Crippen LogP contribution in [-0.4, -0.2) is 38.5 Å². The molecule has 0 spiro atoms. The first-order valence-corrected chi connectivity index (χ1v) is 10.9. The van der Waals surface area contributed by atoms with Crippen LogP contribution in [0.3, 0.4) is 0 Å². The molecular formula is C25H23N3O4. The Kier molecular flexibility index (Phi) is 5.31. The van der Waals surface area contributed by atoms with Gasteiger partial charge in [0.25, 0.3) is 11.8 Å². The standard InChI is InChI=1S/C25H23N3O4/c29-23-21-12-9-18(15-22(21)24(30)28(23)20-5-2-1-3-6-20)25(31)32-16-17-7-10-19(11-8-17)27-14-4-13-26-27/h4,7-15,20H,1-3,5-6,16H2. The van der Waals surface area contributed by atoms with Crippen LogP contribution in [-0.2, 0) is 11.3 Å². The summed E-state index contributed by atoms with van der Waals surface area (Å²) >= 11 is 0. The topological polar surface area (TPSA) is 81.5 Å². The van der Waals surface area contributed by atoms with E-state index in [2.05, 4.69) is 5.10 Å². The lowest BCUT2D eigenvalue weighted by molar-refractivity contribution is 0.0472. The summed E-state index contributed by atoms with van der Waals surface area (Å²) in [6, 6.07) is 13.9. The number of benzene rings is 2. The molecule has 5 rings (SSSR count). The lowest BCUT2D eigenvalue weighted by atomic mass is 9.94. The third kappa shape index (κ3) is 3.70. The van der Waals surface area contributed by atoms with E-state index in [0.29, 0.717) is 11.1 Å². The average Bonchev–Trinajstić information content (AvgIpc) is 3.45. The third-order valence-corrected chi connectivity index (χ3v) is 6.17. The highest BCUT2D eigenvalue weighted by molar-refractivity contribution is 6.22. The molecule has 1 aromatic heterocycles. The number of hydrogen-bond donors (Lipinski definition) is 0. The summed E-state index contributed by atoms with van der Waals surface area (Å²) in [5.41, 5.74) is 2.67. The van der Waals surface area contributed by atoms with Gasteiger partial charge in [-0.3, -0.25) is 14.5 Å². The van der Waals surface area contributed by atoms with E-state index in [0.717, 1.165) is 43.4 Å². The molecule has 2 heterocycles. The first-order valence-electron chi connectivity index (χ1n) is 10.9. The minimum absolute atomic E-state index is 0.0451. The molecule has 32 heavy (non-hydrogen) atoms. The van der Waals surface area contributed by atoms with Crippen molar-refractivity contribution in [1.29, 1.82) is 0 Å². The minimum atomic E-state index is -0.527. The molecular weight excluding hydrogens is 406 g/mol. The number of ether oxygens (including phenoxy) is 1. The summed E-state index contributed by atoms with van der Waals surface area (Å²) in [7, 11) is 0. The van der Waals surface area contributed by atoms with Gasteiger partial charge < -0.3 is 4.74 Å². The lowest BCUT2D eigenvalue weighted by Gasteiger charge is -2.29. The van der Waals surface area contributed by atoms with Gasteiger partial charge in [-0.15, -0.1) is 0 Å². The molecule has 7 nitrogen and oxygen atoms in total. The summed E-state index contributed by atoms with van der Waals surface area (Å²) in [6.45, 7) is 0.108. The molecule has 0 radical (unpaired) electrons. The maximum Gasteiger partial charge on any atom is 0.338 e. The molecule has 162 valence electrons. The summed E-state index contributed by atoms with van der Waals surface area (Å²) in [5, 5.41) is 4.18. The number of aromatic nitrogens is 2. The van der Waals surface area contributed by atoms with E-state index >= 15 is 0 Å². The smallest absolute Gasteiger partial charge is 0.338 e. The molecule has 1 saturated carbocycles. The summed E-state index contributed by atoms with van der Waals surface area (Å²) in [4.78, 5) is 39.7. The quantitative estimate of drug-likeness (QED) is 0.449. The van der Waals surface area contributed by atoms with Crippen LogP contribution in [0.2, 0.25) is 0 Å². The van der Waals surface area contributed by atoms with E-state index in [1.807, 2.05) is 36.5 Å². The normalized spacial score (nSPS) is 16.3. The summed E-state index contributed by atoms with van der Waals surface area (Å²) in [5.74, 6) is -1.09. The largest absolute Gasteiger partial charge is 0.457 e. The molecule has 7 heteroatoms. The Hall–Kier alpha value is -3.74. The lowest BCUT2D eigenvalue weighted by Crippen LogP contribution is -2.40. The molecule has 2 amide bonds. The molecule has 2 aliphatic rings. The zero-order valence-electron chi connectivity index (χ0n) is 17.6. The molecule has 1 aliphatic heterocycles. The van der Waals surface area contributed by atoms with Crippen molar-refractivity contribution < 1.29 is 19.1 Å². The molecule has 0 saturated heterocycles. The van der Waals surface area contributed by atoms with Crippen LogP contribution in [0.1, 0.15) is 68.7 Å². The fraction of sp³-hybridized carbons (Fsp3) is 0.280. The number of esters is 1. The van der Waals surface area contributed by atoms with Crippen molar-refractivity contribution in [2.45, 2.75) is 44.8 Å². The zero-order valence-corrected chi connectivity index (χ0v) is 17.6. The maximum absolute atomic E-state index is 12.9. The molecule has 1 aliphatic carbocycles. The van der Waals surface area contributed by atoms with E-state index in [9.17, 15) is 14.4 Å². The van der Waals surface area contributed by atoms with Gasteiger partial charge in [0.1, 0.15) is 6.61 Å².